The fourth-order valence-corrected chi connectivity index (χ4v) is 4.84. The van der Waals surface area contributed by atoms with E-state index in [-0.39, 0.29) is 17.5 Å². The lowest BCUT2D eigenvalue weighted by Gasteiger charge is -2.25. The normalized spacial score (nSPS) is 12.0. The van der Waals surface area contributed by atoms with Crippen molar-refractivity contribution in [2.45, 2.75) is 31.7 Å². The van der Waals surface area contributed by atoms with Crippen LogP contribution < -0.4 is 19.1 Å². The van der Waals surface area contributed by atoms with Crippen molar-refractivity contribution in [3.63, 3.8) is 0 Å². The highest BCUT2D eigenvalue weighted by Crippen LogP contribution is 2.26. The first-order valence-electron chi connectivity index (χ1n) is 11.0. The minimum atomic E-state index is -4.00. The number of ether oxygens (including phenoxy) is 2. The average Bonchev–Trinajstić information content (AvgIpc) is 2.83. The number of benzene rings is 3. The van der Waals surface area contributed by atoms with Gasteiger partial charge in [0.25, 0.3) is 10.0 Å². The number of hydrogen-bond acceptors (Lipinski definition) is 5. The molecule has 0 bridgehead atoms. The van der Waals surface area contributed by atoms with Gasteiger partial charge in [0.1, 0.15) is 18.0 Å². The molecule has 3 aromatic carbocycles. The van der Waals surface area contributed by atoms with E-state index in [2.05, 4.69) is 5.32 Å². The second kappa shape index (κ2) is 11.1. The van der Waals surface area contributed by atoms with Gasteiger partial charge in [-0.05, 0) is 74.9 Å². The fourth-order valence-electron chi connectivity index (χ4n) is 3.42. The molecule has 0 aliphatic heterocycles. The molecule has 8 heteroatoms. The lowest BCUT2D eigenvalue weighted by Crippen LogP contribution is -2.41. The van der Waals surface area contributed by atoms with Crippen LogP contribution in [-0.2, 0) is 14.8 Å². The summed E-state index contributed by atoms with van der Waals surface area (Å²) in [5, 5.41) is 2.89. The average molecular weight is 483 g/mol. The Morgan fingerprint density at radius 3 is 2.09 bits per heavy atom. The molecule has 0 unspecified atom stereocenters. The Morgan fingerprint density at radius 1 is 0.941 bits per heavy atom. The molecule has 0 fully saturated rings. The number of anilines is 1. The number of amides is 1. The first-order valence-corrected chi connectivity index (χ1v) is 12.4. The van der Waals surface area contributed by atoms with Crippen LogP contribution in [0.5, 0.6) is 11.5 Å². The van der Waals surface area contributed by atoms with Crippen molar-refractivity contribution in [2.24, 2.45) is 0 Å². The molecule has 34 heavy (non-hydrogen) atoms. The molecule has 0 heterocycles. The summed E-state index contributed by atoms with van der Waals surface area (Å²) in [6.45, 7) is 5.73. The van der Waals surface area contributed by atoms with Gasteiger partial charge >= 0.3 is 0 Å². The molecule has 1 N–H and O–H groups in total. The quantitative estimate of drug-likeness (QED) is 0.461. The molecule has 0 aliphatic carbocycles. The number of rotatable bonds is 10. The zero-order chi connectivity index (χ0) is 24.7. The van der Waals surface area contributed by atoms with E-state index < -0.39 is 15.9 Å². The monoisotopic (exact) mass is 482 g/mol. The summed E-state index contributed by atoms with van der Waals surface area (Å²) < 4.78 is 38.8. The zero-order valence-electron chi connectivity index (χ0n) is 19.8. The Labute approximate surface area is 201 Å². The maximum Gasteiger partial charge on any atom is 0.264 e. The van der Waals surface area contributed by atoms with Crippen LogP contribution in [0.25, 0.3) is 0 Å². The minimum Gasteiger partial charge on any atom is -0.497 e. The summed E-state index contributed by atoms with van der Waals surface area (Å²) in [6.07, 6.45) is 0. The van der Waals surface area contributed by atoms with Crippen LogP contribution in [-0.4, -0.2) is 34.6 Å². The van der Waals surface area contributed by atoms with Crippen LogP contribution in [0.1, 0.15) is 31.0 Å². The van der Waals surface area contributed by atoms with Gasteiger partial charge in [-0.25, -0.2) is 8.42 Å². The summed E-state index contributed by atoms with van der Waals surface area (Å²) in [5.41, 5.74) is 2.27. The lowest BCUT2D eigenvalue weighted by molar-refractivity contribution is -0.120. The van der Waals surface area contributed by atoms with Crippen molar-refractivity contribution in [2.75, 3.05) is 24.6 Å². The van der Waals surface area contributed by atoms with Crippen LogP contribution in [0.2, 0.25) is 0 Å². The lowest BCUT2D eigenvalue weighted by atomic mass is 10.1. The third kappa shape index (κ3) is 6.08. The van der Waals surface area contributed by atoms with Gasteiger partial charge in [0.05, 0.1) is 30.3 Å². The van der Waals surface area contributed by atoms with Crippen LogP contribution in [0, 0.1) is 6.92 Å². The highest BCUT2D eigenvalue weighted by Gasteiger charge is 2.28. The first-order chi connectivity index (χ1) is 16.2. The van der Waals surface area contributed by atoms with E-state index in [9.17, 15) is 13.2 Å². The van der Waals surface area contributed by atoms with Crippen molar-refractivity contribution >= 4 is 21.6 Å². The van der Waals surface area contributed by atoms with E-state index in [1.165, 1.54) is 12.1 Å². The second-order valence-electron chi connectivity index (χ2n) is 7.81. The Morgan fingerprint density at radius 2 is 1.53 bits per heavy atom. The number of methoxy groups -OCH3 is 1. The molecule has 3 aromatic rings. The first kappa shape index (κ1) is 25.1. The van der Waals surface area contributed by atoms with Crippen molar-refractivity contribution in [3.05, 3.63) is 83.9 Å². The highest BCUT2D eigenvalue weighted by molar-refractivity contribution is 7.92. The van der Waals surface area contributed by atoms with Crippen molar-refractivity contribution < 1.29 is 22.7 Å². The molecule has 0 spiro atoms. The van der Waals surface area contributed by atoms with E-state index >= 15 is 0 Å². The Balaban J connectivity index is 1.85. The molecule has 180 valence electrons. The molecule has 7 nitrogen and oxygen atoms in total. The number of hydrogen-bond donors (Lipinski definition) is 1. The number of carbonyl (C=O) groups is 1. The number of nitrogens with zero attached hydrogens (tertiary/aromatic N) is 1. The van der Waals surface area contributed by atoms with Gasteiger partial charge in [-0.2, -0.15) is 0 Å². The molecule has 0 saturated heterocycles. The summed E-state index contributed by atoms with van der Waals surface area (Å²) in [5.74, 6) is 0.877. The molecule has 0 aromatic heterocycles. The number of aryl methyl sites for hydroxylation is 1. The van der Waals surface area contributed by atoms with Gasteiger partial charge in [-0.15, -0.1) is 0 Å². The van der Waals surface area contributed by atoms with Gasteiger partial charge < -0.3 is 14.8 Å². The van der Waals surface area contributed by atoms with Crippen LogP contribution in [0.15, 0.2) is 77.7 Å². The van der Waals surface area contributed by atoms with Gasteiger partial charge in [0.15, 0.2) is 0 Å². The smallest absolute Gasteiger partial charge is 0.264 e. The van der Waals surface area contributed by atoms with E-state index in [1.807, 2.05) is 57.2 Å². The predicted molar refractivity (Wildman–Crippen MR) is 133 cm³/mol. The molecule has 0 aliphatic rings. The summed E-state index contributed by atoms with van der Waals surface area (Å²) in [7, 11) is -2.41. The minimum absolute atomic E-state index is 0.0764. The van der Waals surface area contributed by atoms with Crippen molar-refractivity contribution in [1.82, 2.24) is 5.32 Å². The van der Waals surface area contributed by atoms with Gasteiger partial charge in [-0.1, -0.05) is 29.8 Å². The third-order valence-electron chi connectivity index (χ3n) is 5.33. The Bertz CT molecular complexity index is 1190. The second-order valence-corrected chi connectivity index (χ2v) is 9.68. The summed E-state index contributed by atoms with van der Waals surface area (Å²) >= 11 is 0. The molecule has 3 rings (SSSR count). The summed E-state index contributed by atoms with van der Waals surface area (Å²) in [6, 6.07) is 20.2. The standard InChI is InChI=1S/C26H30N2O5S/c1-5-33-24-14-16-25(17-15-24)34(30,31)28(22-10-6-19(2)7-11-22)18-26(29)27-20(3)21-8-12-23(32-4)13-9-21/h6-17,20H,5,18H2,1-4H3,(H,27,29)/t20-/m0/s1. The van der Waals surface area contributed by atoms with Gasteiger partial charge in [0.2, 0.25) is 5.91 Å². The highest BCUT2D eigenvalue weighted by atomic mass is 32.2. The van der Waals surface area contributed by atoms with E-state index in [1.54, 1.807) is 31.4 Å². The van der Waals surface area contributed by atoms with Crippen LogP contribution in [0.3, 0.4) is 0 Å². The van der Waals surface area contributed by atoms with E-state index in [0.717, 1.165) is 15.4 Å². The number of nitrogens with one attached hydrogen (secondary N) is 1. The predicted octanol–water partition coefficient (Wildman–Crippen LogP) is 4.48. The van der Waals surface area contributed by atoms with E-state index in [0.29, 0.717) is 23.8 Å². The maximum atomic E-state index is 13.5. The number of sulfonamides is 1. The largest absolute Gasteiger partial charge is 0.497 e. The molecular weight excluding hydrogens is 452 g/mol. The van der Waals surface area contributed by atoms with Gasteiger partial charge in [-0.3, -0.25) is 9.10 Å². The Kier molecular flexibility index (Phi) is 8.17. The molecule has 0 saturated carbocycles. The summed E-state index contributed by atoms with van der Waals surface area (Å²) in [4.78, 5) is 13.0. The third-order valence-corrected chi connectivity index (χ3v) is 7.11. The molecule has 0 radical (unpaired) electrons. The SMILES string of the molecule is CCOc1ccc(S(=O)(=O)N(CC(=O)N[C@@H](C)c2ccc(OC)cc2)c2ccc(C)cc2)cc1. The molecule has 1 atom stereocenters. The van der Waals surface area contributed by atoms with Crippen LogP contribution >= 0.6 is 0 Å². The van der Waals surface area contributed by atoms with Crippen molar-refractivity contribution in [3.8, 4) is 11.5 Å². The zero-order valence-corrected chi connectivity index (χ0v) is 20.6. The Hall–Kier alpha value is -3.52. The number of carbonyl (C=O) groups excluding carboxylic acids is 1. The topological polar surface area (TPSA) is 84.9 Å². The van der Waals surface area contributed by atoms with Crippen LogP contribution in [0.4, 0.5) is 5.69 Å². The fraction of sp³-hybridized carbons (Fsp3) is 0.269. The molecule has 1 amide bonds. The maximum absolute atomic E-state index is 13.5. The molecular formula is C26H30N2O5S. The van der Waals surface area contributed by atoms with E-state index in [4.69, 9.17) is 9.47 Å². The van der Waals surface area contributed by atoms with Gasteiger partial charge in [0, 0.05) is 0 Å². The van der Waals surface area contributed by atoms with Crippen molar-refractivity contribution in [1.29, 1.82) is 0 Å².